The minimum Gasteiger partial charge on any atom is -0.358 e. The van der Waals surface area contributed by atoms with E-state index in [-0.39, 0.29) is 6.04 Å². The van der Waals surface area contributed by atoms with Gasteiger partial charge in [-0.05, 0) is 19.8 Å². The van der Waals surface area contributed by atoms with Crippen molar-refractivity contribution in [3.8, 4) is 0 Å². The van der Waals surface area contributed by atoms with Gasteiger partial charge in [-0.15, -0.1) is 0 Å². The van der Waals surface area contributed by atoms with E-state index in [1.54, 1.807) is 6.33 Å². The second kappa shape index (κ2) is 6.70. The number of hydrogen-bond acceptors (Lipinski definition) is 5. The fourth-order valence-electron chi connectivity index (χ4n) is 2.54. The van der Waals surface area contributed by atoms with Crippen molar-refractivity contribution >= 4 is 11.6 Å². The first kappa shape index (κ1) is 14.1. The zero-order chi connectivity index (χ0) is 13.7. The molecule has 19 heavy (non-hydrogen) atoms. The first-order valence-electron chi connectivity index (χ1n) is 7.20. The van der Waals surface area contributed by atoms with Crippen LogP contribution in [0, 0.1) is 0 Å². The molecular formula is C14H25N5. The van der Waals surface area contributed by atoms with Crippen LogP contribution >= 0.6 is 0 Å². The van der Waals surface area contributed by atoms with Crippen molar-refractivity contribution < 1.29 is 0 Å². The smallest absolute Gasteiger partial charge is 0.134 e. The van der Waals surface area contributed by atoms with Gasteiger partial charge >= 0.3 is 0 Å². The molecule has 0 saturated carbocycles. The first-order valence-corrected chi connectivity index (χ1v) is 7.20. The SMILES string of the molecule is CC(N)CN(C)c1cc(N2CCCCCC2)ncn1. The third-order valence-electron chi connectivity index (χ3n) is 3.52. The minimum absolute atomic E-state index is 0.140. The Hall–Kier alpha value is -1.36. The lowest BCUT2D eigenvalue weighted by Crippen LogP contribution is -2.33. The summed E-state index contributed by atoms with van der Waals surface area (Å²) in [5.41, 5.74) is 5.84. The molecule has 2 rings (SSSR count). The molecule has 2 N–H and O–H groups in total. The summed E-state index contributed by atoms with van der Waals surface area (Å²) in [4.78, 5) is 13.2. The van der Waals surface area contributed by atoms with Gasteiger partial charge in [0.2, 0.25) is 0 Å². The van der Waals surface area contributed by atoms with Gasteiger partial charge in [0.05, 0.1) is 0 Å². The van der Waals surface area contributed by atoms with Gasteiger partial charge in [-0.25, -0.2) is 9.97 Å². The van der Waals surface area contributed by atoms with Gasteiger partial charge in [-0.2, -0.15) is 0 Å². The Morgan fingerprint density at radius 3 is 2.58 bits per heavy atom. The quantitative estimate of drug-likeness (QED) is 0.895. The maximum Gasteiger partial charge on any atom is 0.134 e. The molecule has 1 atom stereocenters. The summed E-state index contributed by atoms with van der Waals surface area (Å²) >= 11 is 0. The van der Waals surface area contributed by atoms with Crippen molar-refractivity contribution in [3.63, 3.8) is 0 Å². The summed E-state index contributed by atoms with van der Waals surface area (Å²) in [7, 11) is 2.03. The monoisotopic (exact) mass is 263 g/mol. The van der Waals surface area contributed by atoms with Crippen LogP contribution in [0.25, 0.3) is 0 Å². The highest BCUT2D eigenvalue weighted by Crippen LogP contribution is 2.20. The summed E-state index contributed by atoms with van der Waals surface area (Å²) in [6.45, 7) is 5.02. The van der Waals surface area contributed by atoms with Crippen LogP contribution in [0.4, 0.5) is 11.6 Å². The average molecular weight is 263 g/mol. The number of aromatic nitrogens is 2. The molecule has 1 saturated heterocycles. The Balaban J connectivity index is 2.09. The molecule has 1 fully saturated rings. The van der Waals surface area contributed by atoms with Gasteiger partial charge < -0.3 is 15.5 Å². The molecule has 0 amide bonds. The Kier molecular flexibility index (Phi) is 4.96. The molecule has 2 heterocycles. The molecule has 106 valence electrons. The molecular weight excluding hydrogens is 238 g/mol. The van der Waals surface area contributed by atoms with Crippen LogP contribution in [0.1, 0.15) is 32.6 Å². The van der Waals surface area contributed by atoms with Crippen molar-refractivity contribution in [2.75, 3.05) is 36.5 Å². The number of likely N-dealkylation sites (N-methyl/N-ethyl adjacent to an activating group) is 1. The molecule has 1 unspecified atom stereocenters. The zero-order valence-electron chi connectivity index (χ0n) is 12.0. The maximum absolute atomic E-state index is 5.84. The number of rotatable bonds is 4. The van der Waals surface area contributed by atoms with E-state index in [1.807, 2.05) is 14.0 Å². The molecule has 1 aromatic rings. The van der Waals surface area contributed by atoms with Crippen LogP contribution < -0.4 is 15.5 Å². The van der Waals surface area contributed by atoms with Crippen molar-refractivity contribution in [1.82, 2.24) is 9.97 Å². The maximum atomic E-state index is 5.84. The summed E-state index contributed by atoms with van der Waals surface area (Å²) in [6, 6.07) is 2.22. The summed E-state index contributed by atoms with van der Waals surface area (Å²) in [5.74, 6) is 2.00. The van der Waals surface area contributed by atoms with Gasteiger partial charge in [0, 0.05) is 38.8 Å². The predicted molar refractivity (Wildman–Crippen MR) is 79.6 cm³/mol. The van der Waals surface area contributed by atoms with Crippen LogP contribution in [0.5, 0.6) is 0 Å². The highest BCUT2D eigenvalue weighted by molar-refractivity contribution is 5.49. The fraction of sp³-hybridized carbons (Fsp3) is 0.714. The average Bonchev–Trinajstić information content (AvgIpc) is 2.67. The van der Waals surface area contributed by atoms with Gasteiger partial charge in [0.1, 0.15) is 18.0 Å². The molecule has 0 bridgehead atoms. The van der Waals surface area contributed by atoms with Crippen molar-refractivity contribution in [2.45, 2.75) is 38.6 Å². The third-order valence-corrected chi connectivity index (χ3v) is 3.52. The van der Waals surface area contributed by atoms with E-state index >= 15 is 0 Å². The summed E-state index contributed by atoms with van der Waals surface area (Å²) < 4.78 is 0. The van der Waals surface area contributed by atoms with Crippen LogP contribution in [0.3, 0.4) is 0 Å². The summed E-state index contributed by atoms with van der Waals surface area (Å²) in [6.07, 6.45) is 6.84. The van der Waals surface area contributed by atoms with Crippen LogP contribution in [0.15, 0.2) is 12.4 Å². The molecule has 0 aromatic carbocycles. The lowest BCUT2D eigenvalue weighted by molar-refractivity contribution is 0.709. The van der Waals surface area contributed by atoms with Gasteiger partial charge in [0.15, 0.2) is 0 Å². The topological polar surface area (TPSA) is 58.3 Å². The largest absolute Gasteiger partial charge is 0.358 e. The van der Waals surface area contributed by atoms with Crippen LogP contribution in [-0.2, 0) is 0 Å². The lowest BCUT2D eigenvalue weighted by Gasteiger charge is -2.24. The second-order valence-corrected chi connectivity index (χ2v) is 5.49. The predicted octanol–water partition coefficient (Wildman–Crippen LogP) is 1.64. The highest BCUT2D eigenvalue weighted by Gasteiger charge is 2.13. The molecule has 5 nitrogen and oxygen atoms in total. The van der Waals surface area contributed by atoms with Gasteiger partial charge in [-0.3, -0.25) is 0 Å². The Bertz CT molecular complexity index is 385. The fourth-order valence-corrected chi connectivity index (χ4v) is 2.54. The van der Waals surface area contributed by atoms with E-state index in [1.165, 1.54) is 25.7 Å². The zero-order valence-corrected chi connectivity index (χ0v) is 12.0. The van der Waals surface area contributed by atoms with Crippen molar-refractivity contribution in [2.24, 2.45) is 5.73 Å². The van der Waals surface area contributed by atoms with Gasteiger partial charge in [0.25, 0.3) is 0 Å². The summed E-state index contributed by atoms with van der Waals surface area (Å²) in [5, 5.41) is 0. The van der Waals surface area contributed by atoms with E-state index in [4.69, 9.17) is 5.73 Å². The minimum atomic E-state index is 0.140. The Morgan fingerprint density at radius 2 is 1.95 bits per heavy atom. The number of nitrogens with zero attached hydrogens (tertiary/aromatic N) is 4. The molecule has 1 aromatic heterocycles. The van der Waals surface area contributed by atoms with Gasteiger partial charge in [-0.1, -0.05) is 12.8 Å². The molecule has 0 radical (unpaired) electrons. The lowest BCUT2D eigenvalue weighted by atomic mass is 10.2. The second-order valence-electron chi connectivity index (χ2n) is 5.49. The number of anilines is 2. The van der Waals surface area contributed by atoms with E-state index in [0.717, 1.165) is 31.3 Å². The van der Waals surface area contributed by atoms with Crippen LogP contribution in [0.2, 0.25) is 0 Å². The number of nitrogens with two attached hydrogens (primary N) is 1. The molecule has 0 aliphatic carbocycles. The van der Waals surface area contributed by atoms with Crippen LogP contribution in [-0.4, -0.2) is 42.7 Å². The first-order chi connectivity index (χ1) is 9.16. The normalized spacial score (nSPS) is 17.9. The van der Waals surface area contributed by atoms with E-state index in [2.05, 4.69) is 25.8 Å². The number of hydrogen-bond donors (Lipinski definition) is 1. The van der Waals surface area contributed by atoms with E-state index in [9.17, 15) is 0 Å². The molecule has 5 heteroatoms. The Labute approximate surface area is 115 Å². The molecule has 1 aliphatic heterocycles. The van der Waals surface area contributed by atoms with Crippen molar-refractivity contribution in [1.29, 1.82) is 0 Å². The van der Waals surface area contributed by atoms with E-state index < -0.39 is 0 Å². The van der Waals surface area contributed by atoms with E-state index in [0.29, 0.717) is 0 Å². The third kappa shape index (κ3) is 4.06. The Morgan fingerprint density at radius 1 is 1.26 bits per heavy atom. The van der Waals surface area contributed by atoms with Crippen molar-refractivity contribution in [3.05, 3.63) is 12.4 Å². The molecule has 1 aliphatic rings. The molecule has 0 spiro atoms. The standard InChI is InChI=1S/C14H25N5/c1-12(15)10-18(2)13-9-14(17-11-16-13)19-7-5-3-4-6-8-19/h9,11-12H,3-8,10,15H2,1-2H3. The highest BCUT2D eigenvalue weighted by atomic mass is 15.2.